The van der Waals surface area contributed by atoms with E-state index in [0.717, 1.165) is 0 Å². The van der Waals surface area contributed by atoms with Crippen molar-refractivity contribution >= 4 is 28.7 Å². The van der Waals surface area contributed by atoms with Gasteiger partial charge in [-0.15, -0.1) is 0 Å². The van der Waals surface area contributed by atoms with Gasteiger partial charge in [-0.3, -0.25) is 0 Å². The lowest BCUT2D eigenvalue weighted by Gasteiger charge is -2.13. The van der Waals surface area contributed by atoms with Crippen molar-refractivity contribution in [3.63, 3.8) is 0 Å². The molecule has 1 aromatic rings. The highest BCUT2D eigenvalue weighted by Gasteiger charge is 2.05. The highest BCUT2D eigenvalue weighted by atomic mass is 32.1. The first-order valence-electron chi connectivity index (χ1n) is 3.74. The maximum atomic E-state index is 4.99. The van der Waals surface area contributed by atoms with Crippen LogP contribution in [0.4, 0.5) is 0 Å². The molecule has 1 rings (SSSR count). The third-order valence-electron chi connectivity index (χ3n) is 1.62. The Morgan fingerprint density at radius 1 is 1.67 bits per heavy atom. The van der Waals surface area contributed by atoms with E-state index >= 15 is 0 Å². The summed E-state index contributed by atoms with van der Waals surface area (Å²) in [5.41, 5.74) is 1.28. The molecule has 1 heterocycles. The minimum absolute atomic E-state index is 0.288. The molecule has 1 atom stereocenters. The Bertz CT molecular complexity index is 244. The average molecular weight is 200 g/mol. The van der Waals surface area contributed by atoms with E-state index in [4.69, 9.17) is 12.2 Å². The van der Waals surface area contributed by atoms with E-state index in [1.165, 1.54) is 5.56 Å². The molecule has 12 heavy (non-hydrogen) atoms. The van der Waals surface area contributed by atoms with Gasteiger partial charge < -0.3 is 10.6 Å². The van der Waals surface area contributed by atoms with E-state index in [2.05, 4.69) is 34.4 Å². The molecule has 0 aromatic carbocycles. The highest BCUT2D eigenvalue weighted by Crippen LogP contribution is 2.14. The van der Waals surface area contributed by atoms with E-state index in [1.807, 2.05) is 7.05 Å². The Labute approximate surface area is 82.0 Å². The predicted molar refractivity (Wildman–Crippen MR) is 57.5 cm³/mol. The summed E-state index contributed by atoms with van der Waals surface area (Å²) in [6, 6.07) is 2.39. The van der Waals surface area contributed by atoms with Gasteiger partial charge in [0.2, 0.25) is 0 Å². The smallest absolute Gasteiger partial charge is 0.166 e. The summed E-state index contributed by atoms with van der Waals surface area (Å²) in [6.45, 7) is 2.09. The number of thiocarbonyl (C=S) groups is 1. The van der Waals surface area contributed by atoms with E-state index in [9.17, 15) is 0 Å². The zero-order chi connectivity index (χ0) is 8.97. The van der Waals surface area contributed by atoms with Gasteiger partial charge >= 0.3 is 0 Å². The summed E-state index contributed by atoms with van der Waals surface area (Å²) >= 11 is 6.69. The second-order valence-electron chi connectivity index (χ2n) is 2.50. The maximum Gasteiger partial charge on any atom is 0.166 e. The lowest BCUT2D eigenvalue weighted by atomic mass is 10.2. The normalized spacial score (nSPS) is 12.2. The minimum Gasteiger partial charge on any atom is -0.366 e. The molecule has 4 heteroatoms. The van der Waals surface area contributed by atoms with Crippen molar-refractivity contribution in [2.45, 2.75) is 13.0 Å². The van der Waals surface area contributed by atoms with Crippen LogP contribution in [0.3, 0.4) is 0 Å². The van der Waals surface area contributed by atoms with Gasteiger partial charge in [-0.1, -0.05) is 0 Å². The number of rotatable bonds is 2. The SMILES string of the molecule is CNC(=S)NC(C)c1ccsc1. The first-order valence-corrected chi connectivity index (χ1v) is 5.09. The molecule has 1 unspecified atom stereocenters. The number of nitrogens with one attached hydrogen (secondary N) is 2. The lowest BCUT2D eigenvalue weighted by molar-refractivity contribution is 0.712. The van der Waals surface area contributed by atoms with Gasteiger partial charge in [0.15, 0.2) is 5.11 Å². The topological polar surface area (TPSA) is 24.1 Å². The molecule has 0 amide bonds. The molecule has 2 nitrogen and oxygen atoms in total. The van der Waals surface area contributed by atoms with E-state index in [1.54, 1.807) is 11.3 Å². The van der Waals surface area contributed by atoms with E-state index in [-0.39, 0.29) is 6.04 Å². The van der Waals surface area contributed by atoms with Crippen LogP contribution in [0.2, 0.25) is 0 Å². The molecule has 2 N–H and O–H groups in total. The lowest BCUT2D eigenvalue weighted by Crippen LogP contribution is -2.34. The first-order chi connectivity index (χ1) is 5.74. The van der Waals surface area contributed by atoms with Gasteiger partial charge in [0, 0.05) is 7.05 Å². The summed E-state index contributed by atoms with van der Waals surface area (Å²) < 4.78 is 0. The van der Waals surface area contributed by atoms with Crippen molar-refractivity contribution in [2.24, 2.45) is 0 Å². The summed E-state index contributed by atoms with van der Waals surface area (Å²) in [7, 11) is 1.82. The fraction of sp³-hybridized carbons (Fsp3) is 0.375. The Morgan fingerprint density at radius 2 is 2.42 bits per heavy atom. The summed E-state index contributed by atoms with van der Waals surface area (Å²) in [5.74, 6) is 0. The number of hydrogen-bond donors (Lipinski definition) is 2. The molecule has 0 bridgehead atoms. The zero-order valence-corrected chi connectivity index (χ0v) is 8.76. The highest BCUT2D eigenvalue weighted by molar-refractivity contribution is 7.80. The van der Waals surface area contributed by atoms with Crippen LogP contribution in [-0.4, -0.2) is 12.2 Å². The molecule has 0 fully saturated rings. The Morgan fingerprint density at radius 3 is 2.92 bits per heavy atom. The van der Waals surface area contributed by atoms with Crippen molar-refractivity contribution in [1.82, 2.24) is 10.6 Å². The monoisotopic (exact) mass is 200 g/mol. The third kappa shape index (κ3) is 2.46. The fourth-order valence-corrected chi connectivity index (χ4v) is 1.80. The molecule has 66 valence electrons. The van der Waals surface area contributed by atoms with Gasteiger partial charge in [-0.05, 0) is 41.5 Å². The van der Waals surface area contributed by atoms with Gasteiger partial charge in [-0.2, -0.15) is 11.3 Å². The molecule has 0 aliphatic heterocycles. The number of hydrogen-bond acceptors (Lipinski definition) is 2. The van der Waals surface area contributed by atoms with Gasteiger partial charge in [0.05, 0.1) is 6.04 Å². The number of thiophene rings is 1. The van der Waals surface area contributed by atoms with Crippen LogP contribution in [0.15, 0.2) is 16.8 Å². The van der Waals surface area contributed by atoms with Crippen molar-refractivity contribution in [3.05, 3.63) is 22.4 Å². The summed E-state index contributed by atoms with van der Waals surface area (Å²) in [4.78, 5) is 0. The predicted octanol–water partition coefficient (Wildman–Crippen LogP) is 1.90. The van der Waals surface area contributed by atoms with Gasteiger partial charge in [-0.25, -0.2) is 0 Å². The van der Waals surface area contributed by atoms with Crippen molar-refractivity contribution in [2.75, 3.05) is 7.05 Å². The third-order valence-corrected chi connectivity index (χ3v) is 2.64. The first kappa shape index (κ1) is 9.48. The second-order valence-corrected chi connectivity index (χ2v) is 3.69. The van der Waals surface area contributed by atoms with Crippen LogP contribution in [0.5, 0.6) is 0 Å². The van der Waals surface area contributed by atoms with Crippen LogP contribution in [0, 0.1) is 0 Å². The molecule has 0 aliphatic carbocycles. The zero-order valence-electron chi connectivity index (χ0n) is 7.13. The standard InChI is InChI=1S/C8H12N2S2/c1-6(10-8(11)9-2)7-3-4-12-5-7/h3-6H,1-2H3,(H2,9,10,11). The molecule has 0 aliphatic rings. The van der Waals surface area contributed by atoms with Crippen molar-refractivity contribution in [1.29, 1.82) is 0 Å². The molecule has 0 saturated heterocycles. The molecular formula is C8H12N2S2. The fourth-order valence-electron chi connectivity index (χ4n) is 0.874. The summed E-state index contributed by atoms with van der Waals surface area (Å²) in [6.07, 6.45) is 0. The molecule has 0 spiro atoms. The van der Waals surface area contributed by atoms with E-state index < -0.39 is 0 Å². The maximum absolute atomic E-state index is 4.99. The quantitative estimate of drug-likeness (QED) is 0.713. The van der Waals surface area contributed by atoms with Gasteiger partial charge in [0.25, 0.3) is 0 Å². The van der Waals surface area contributed by atoms with E-state index in [0.29, 0.717) is 5.11 Å². The molecule has 1 aromatic heterocycles. The largest absolute Gasteiger partial charge is 0.366 e. The molecular weight excluding hydrogens is 188 g/mol. The van der Waals surface area contributed by atoms with Crippen LogP contribution in [0.25, 0.3) is 0 Å². The van der Waals surface area contributed by atoms with Crippen LogP contribution in [-0.2, 0) is 0 Å². The Balaban J connectivity index is 2.49. The molecule has 0 radical (unpaired) electrons. The van der Waals surface area contributed by atoms with Crippen molar-refractivity contribution < 1.29 is 0 Å². The Kier molecular flexibility index (Phi) is 3.49. The van der Waals surface area contributed by atoms with Crippen molar-refractivity contribution in [3.8, 4) is 0 Å². The molecule has 0 saturated carbocycles. The van der Waals surface area contributed by atoms with Gasteiger partial charge in [0.1, 0.15) is 0 Å². The summed E-state index contributed by atoms with van der Waals surface area (Å²) in [5, 5.41) is 10.9. The van der Waals surface area contributed by atoms with Crippen LogP contribution >= 0.6 is 23.6 Å². The van der Waals surface area contributed by atoms with Crippen LogP contribution < -0.4 is 10.6 Å². The van der Waals surface area contributed by atoms with Crippen LogP contribution in [0.1, 0.15) is 18.5 Å². The average Bonchev–Trinajstić information content (AvgIpc) is 2.56. The minimum atomic E-state index is 0.288. The Hall–Kier alpha value is -0.610. The second kappa shape index (κ2) is 4.42.